The number of esters is 2. The predicted molar refractivity (Wildman–Crippen MR) is 110 cm³/mol. The number of rotatable bonds is 6. The van der Waals surface area contributed by atoms with Crippen molar-refractivity contribution in [2.75, 3.05) is 14.2 Å². The number of nitrogens with zero attached hydrogens (tertiary/aromatic N) is 1. The van der Waals surface area contributed by atoms with Crippen molar-refractivity contribution >= 4 is 47.3 Å². The minimum absolute atomic E-state index is 0.171. The maximum atomic E-state index is 12.1. The molecule has 0 aliphatic heterocycles. The number of hydrogen-bond donors (Lipinski definition) is 0. The van der Waals surface area contributed by atoms with E-state index >= 15 is 0 Å². The quantitative estimate of drug-likeness (QED) is 0.285. The number of benzene rings is 2. The molecule has 0 fully saturated rings. The van der Waals surface area contributed by atoms with Crippen molar-refractivity contribution < 1.29 is 23.8 Å². The molecular formula is C21H15Cl2NO5. The van der Waals surface area contributed by atoms with Crippen molar-refractivity contribution in [1.29, 1.82) is 5.26 Å². The van der Waals surface area contributed by atoms with E-state index in [1.807, 2.05) is 0 Å². The van der Waals surface area contributed by atoms with E-state index < -0.39 is 11.9 Å². The summed E-state index contributed by atoms with van der Waals surface area (Å²) in [5, 5.41) is 9.82. The fourth-order valence-corrected chi connectivity index (χ4v) is 2.50. The monoisotopic (exact) mass is 431 g/mol. The third-order valence-electron chi connectivity index (χ3n) is 3.59. The Morgan fingerprint density at radius 1 is 1.00 bits per heavy atom. The summed E-state index contributed by atoms with van der Waals surface area (Å²) in [6.45, 7) is 0. The number of hydrogen-bond acceptors (Lipinski definition) is 6. The van der Waals surface area contributed by atoms with Crippen molar-refractivity contribution in [2.45, 2.75) is 0 Å². The first-order chi connectivity index (χ1) is 13.9. The summed E-state index contributed by atoms with van der Waals surface area (Å²) >= 11 is 11.8. The fourth-order valence-electron chi connectivity index (χ4n) is 2.19. The van der Waals surface area contributed by atoms with Gasteiger partial charge in [-0.05, 0) is 47.5 Å². The third-order valence-corrected chi connectivity index (χ3v) is 4.33. The largest absolute Gasteiger partial charge is 0.493 e. The van der Waals surface area contributed by atoms with Gasteiger partial charge in [0.15, 0.2) is 11.5 Å². The Morgan fingerprint density at radius 3 is 2.34 bits per heavy atom. The second kappa shape index (κ2) is 10.3. The van der Waals surface area contributed by atoms with Crippen LogP contribution >= 0.6 is 23.2 Å². The number of carbonyl (C=O) groups is 2. The SMILES string of the molecule is COC(=O)/C(C#N)=C/c1ccc(OC(=O)/C=C/c2ccc(Cl)c(Cl)c2)c(OC)c1. The van der Waals surface area contributed by atoms with Gasteiger partial charge in [-0.2, -0.15) is 5.26 Å². The lowest BCUT2D eigenvalue weighted by atomic mass is 10.1. The van der Waals surface area contributed by atoms with Crippen molar-refractivity contribution in [3.63, 3.8) is 0 Å². The molecule has 8 heteroatoms. The third kappa shape index (κ3) is 6.11. The number of ether oxygens (including phenoxy) is 3. The average Bonchev–Trinajstić information content (AvgIpc) is 2.73. The van der Waals surface area contributed by atoms with Gasteiger partial charge in [0.05, 0.1) is 24.3 Å². The summed E-state index contributed by atoms with van der Waals surface area (Å²) in [5.74, 6) is -0.971. The van der Waals surface area contributed by atoms with Crippen LogP contribution in [-0.2, 0) is 14.3 Å². The highest BCUT2D eigenvalue weighted by Crippen LogP contribution is 2.29. The van der Waals surface area contributed by atoms with E-state index in [9.17, 15) is 9.59 Å². The van der Waals surface area contributed by atoms with Crippen LogP contribution in [0, 0.1) is 11.3 Å². The summed E-state index contributed by atoms with van der Waals surface area (Å²) < 4.78 is 15.0. The summed E-state index contributed by atoms with van der Waals surface area (Å²) in [6.07, 6.45) is 4.10. The molecule has 148 valence electrons. The Bertz CT molecular complexity index is 1040. The van der Waals surface area contributed by atoms with Crippen molar-refractivity contribution in [3.8, 4) is 17.6 Å². The zero-order valence-electron chi connectivity index (χ0n) is 15.4. The van der Waals surface area contributed by atoms with Gasteiger partial charge in [0.25, 0.3) is 0 Å². The van der Waals surface area contributed by atoms with Gasteiger partial charge in [0, 0.05) is 6.08 Å². The molecule has 0 bridgehead atoms. The maximum absolute atomic E-state index is 12.1. The van der Waals surface area contributed by atoms with Crippen LogP contribution in [0.1, 0.15) is 11.1 Å². The minimum atomic E-state index is -0.755. The molecule has 0 heterocycles. The lowest BCUT2D eigenvalue weighted by molar-refractivity contribution is -0.135. The predicted octanol–water partition coefficient (Wildman–Crippen LogP) is 4.70. The van der Waals surface area contributed by atoms with E-state index in [0.717, 1.165) is 0 Å². The second-order valence-corrected chi connectivity index (χ2v) is 6.31. The van der Waals surface area contributed by atoms with Gasteiger partial charge < -0.3 is 14.2 Å². The van der Waals surface area contributed by atoms with Crippen LogP contribution in [0.5, 0.6) is 11.5 Å². The molecule has 0 aliphatic carbocycles. The van der Waals surface area contributed by atoms with Gasteiger partial charge in [0.1, 0.15) is 11.6 Å². The zero-order valence-corrected chi connectivity index (χ0v) is 17.0. The van der Waals surface area contributed by atoms with Gasteiger partial charge in [-0.3, -0.25) is 0 Å². The van der Waals surface area contributed by atoms with Gasteiger partial charge in [-0.1, -0.05) is 35.3 Å². The smallest absolute Gasteiger partial charge is 0.348 e. The van der Waals surface area contributed by atoms with Crippen LogP contribution in [0.3, 0.4) is 0 Å². The molecule has 0 spiro atoms. The number of nitriles is 1. The maximum Gasteiger partial charge on any atom is 0.348 e. The van der Waals surface area contributed by atoms with E-state index in [1.165, 1.54) is 44.6 Å². The van der Waals surface area contributed by atoms with Crippen LogP contribution in [0.25, 0.3) is 12.2 Å². The topological polar surface area (TPSA) is 85.6 Å². The Balaban J connectivity index is 2.18. The van der Waals surface area contributed by atoms with Crippen molar-refractivity contribution in [3.05, 3.63) is 69.2 Å². The first-order valence-corrected chi connectivity index (χ1v) is 8.86. The number of carbonyl (C=O) groups excluding carboxylic acids is 2. The molecule has 0 saturated heterocycles. The van der Waals surface area contributed by atoms with Gasteiger partial charge in [-0.25, -0.2) is 9.59 Å². The molecule has 0 amide bonds. The van der Waals surface area contributed by atoms with Crippen LogP contribution < -0.4 is 9.47 Å². The van der Waals surface area contributed by atoms with Crippen LogP contribution in [-0.4, -0.2) is 26.2 Å². The van der Waals surface area contributed by atoms with E-state index in [4.69, 9.17) is 37.9 Å². The lowest BCUT2D eigenvalue weighted by Crippen LogP contribution is -2.05. The Labute approximate surface area is 177 Å². The highest BCUT2D eigenvalue weighted by atomic mass is 35.5. The zero-order chi connectivity index (χ0) is 21.4. The van der Waals surface area contributed by atoms with E-state index in [1.54, 1.807) is 30.3 Å². The summed E-state index contributed by atoms with van der Waals surface area (Å²) in [4.78, 5) is 23.6. The first-order valence-electron chi connectivity index (χ1n) is 8.11. The van der Waals surface area contributed by atoms with Crippen molar-refractivity contribution in [1.82, 2.24) is 0 Å². The van der Waals surface area contributed by atoms with E-state index in [-0.39, 0.29) is 17.1 Å². The molecule has 2 rings (SSSR count). The molecule has 0 aliphatic rings. The van der Waals surface area contributed by atoms with Crippen molar-refractivity contribution in [2.24, 2.45) is 0 Å². The molecule has 6 nitrogen and oxygen atoms in total. The summed E-state index contributed by atoms with van der Waals surface area (Å²) in [6, 6.07) is 11.3. The molecule has 29 heavy (non-hydrogen) atoms. The Morgan fingerprint density at radius 2 is 1.72 bits per heavy atom. The molecule has 2 aromatic rings. The summed E-state index contributed by atoms with van der Waals surface area (Å²) in [7, 11) is 2.58. The second-order valence-electron chi connectivity index (χ2n) is 5.50. The van der Waals surface area contributed by atoms with Gasteiger partial charge in [-0.15, -0.1) is 0 Å². The Kier molecular flexibility index (Phi) is 7.84. The van der Waals surface area contributed by atoms with Gasteiger partial charge in [0.2, 0.25) is 0 Å². The minimum Gasteiger partial charge on any atom is -0.493 e. The van der Waals surface area contributed by atoms with Crippen LogP contribution in [0.15, 0.2) is 48.0 Å². The molecule has 0 N–H and O–H groups in total. The molecule has 0 atom stereocenters. The van der Waals surface area contributed by atoms with E-state index in [2.05, 4.69) is 4.74 Å². The number of methoxy groups -OCH3 is 2. The molecule has 0 radical (unpaired) electrons. The molecule has 0 saturated carbocycles. The molecule has 0 unspecified atom stereocenters. The standard InChI is InChI=1S/C21H15Cl2NO5/c1-27-19-11-14(9-15(12-24)21(26)28-2)4-7-18(19)29-20(25)8-5-13-3-6-16(22)17(23)10-13/h3-11H,1-2H3/b8-5+,15-9+. The average molecular weight is 432 g/mol. The number of halogens is 2. The molecular weight excluding hydrogens is 417 g/mol. The summed E-state index contributed by atoms with van der Waals surface area (Å²) in [5.41, 5.74) is 0.995. The van der Waals surface area contributed by atoms with Crippen LogP contribution in [0.4, 0.5) is 0 Å². The normalized spacial score (nSPS) is 11.1. The Hall–Kier alpha value is -3.27. The van der Waals surface area contributed by atoms with Gasteiger partial charge >= 0.3 is 11.9 Å². The highest BCUT2D eigenvalue weighted by Gasteiger charge is 2.12. The van der Waals surface area contributed by atoms with Crippen LogP contribution in [0.2, 0.25) is 10.0 Å². The highest BCUT2D eigenvalue weighted by molar-refractivity contribution is 6.42. The molecule has 0 aromatic heterocycles. The van der Waals surface area contributed by atoms with E-state index in [0.29, 0.717) is 21.2 Å². The molecule has 2 aromatic carbocycles. The lowest BCUT2D eigenvalue weighted by Gasteiger charge is -2.09. The fraction of sp³-hybridized carbons (Fsp3) is 0.0952. The first kappa shape index (κ1) is 22.0.